The molecule has 0 bridgehead atoms. The molecule has 0 unspecified atom stereocenters. The van der Waals surface area contributed by atoms with Crippen LogP contribution in [0.5, 0.6) is 5.75 Å². The van der Waals surface area contributed by atoms with Gasteiger partial charge in [0.2, 0.25) is 0 Å². The predicted octanol–water partition coefficient (Wildman–Crippen LogP) is 1.97. The van der Waals surface area contributed by atoms with Gasteiger partial charge in [-0.25, -0.2) is 0 Å². The van der Waals surface area contributed by atoms with Crippen molar-refractivity contribution >= 4 is 23.0 Å². The zero-order valence-corrected chi connectivity index (χ0v) is 9.37. The van der Waals surface area contributed by atoms with Gasteiger partial charge >= 0.3 is 0 Å². The number of hydrogen-bond acceptors (Lipinski definition) is 2. The van der Waals surface area contributed by atoms with Crippen molar-refractivity contribution in [1.82, 2.24) is 0 Å². The summed E-state index contributed by atoms with van der Waals surface area (Å²) in [6, 6.07) is 3.92. The van der Waals surface area contributed by atoms with Gasteiger partial charge in [0.1, 0.15) is 5.75 Å². The molecule has 0 aliphatic heterocycles. The van der Waals surface area contributed by atoms with Gasteiger partial charge in [-0.15, -0.1) is 0 Å². The first-order valence-corrected chi connectivity index (χ1v) is 4.67. The second-order valence-electron chi connectivity index (χ2n) is 3.13. The predicted molar refractivity (Wildman–Crippen MR) is 62.9 cm³/mol. The van der Waals surface area contributed by atoms with Gasteiger partial charge in [0, 0.05) is 5.69 Å². The highest BCUT2D eigenvalue weighted by Crippen LogP contribution is 2.25. The first kappa shape index (κ1) is 10.8. The minimum Gasteiger partial charge on any atom is -0.496 e. The van der Waals surface area contributed by atoms with Crippen LogP contribution < -0.4 is 15.8 Å². The second-order valence-corrected chi connectivity index (χ2v) is 3.57. The Hall–Kier alpha value is -1.29. The van der Waals surface area contributed by atoms with Crippen LogP contribution in [0.25, 0.3) is 0 Å². The van der Waals surface area contributed by atoms with Gasteiger partial charge in [0.25, 0.3) is 0 Å². The molecular weight excluding hydrogens is 196 g/mol. The topological polar surface area (TPSA) is 47.3 Å². The summed E-state index contributed by atoms with van der Waals surface area (Å²) in [6.45, 7) is 3.95. The number of aryl methyl sites for hydroxylation is 2. The smallest absolute Gasteiger partial charge is 0.168 e. The lowest BCUT2D eigenvalue weighted by molar-refractivity contribution is 0.411. The summed E-state index contributed by atoms with van der Waals surface area (Å²) in [5, 5.41) is 3.19. The summed E-state index contributed by atoms with van der Waals surface area (Å²) in [5.74, 6) is 0.871. The lowest BCUT2D eigenvalue weighted by Crippen LogP contribution is -2.19. The molecule has 1 aromatic carbocycles. The number of methoxy groups -OCH3 is 1. The number of hydrogen-bond donors (Lipinski definition) is 2. The Morgan fingerprint density at radius 1 is 1.36 bits per heavy atom. The third kappa shape index (κ3) is 2.35. The van der Waals surface area contributed by atoms with Crippen LogP contribution in [0.3, 0.4) is 0 Å². The molecular formula is C10H14N2OS. The van der Waals surface area contributed by atoms with Gasteiger partial charge < -0.3 is 15.8 Å². The van der Waals surface area contributed by atoms with Crippen LogP contribution >= 0.6 is 12.2 Å². The molecule has 0 aliphatic carbocycles. The molecule has 0 fully saturated rings. The van der Waals surface area contributed by atoms with Gasteiger partial charge in [-0.1, -0.05) is 0 Å². The molecule has 76 valence electrons. The molecule has 3 N–H and O–H groups in total. The summed E-state index contributed by atoms with van der Waals surface area (Å²) in [5.41, 5.74) is 8.44. The summed E-state index contributed by atoms with van der Waals surface area (Å²) in [7, 11) is 1.66. The molecule has 4 heteroatoms. The molecule has 0 saturated carbocycles. The molecule has 0 heterocycles. The summed E-state index contributed by atoms with van der Waals surface area (Å²) in [6.07, 6.45) is 0. The third-order valence-electron chi connectivity index (χ3n) is 2.00. The Bertz CT molecular complexity index is 363. The van der Waals surface area contributed by atoms with Gasteiger partial charge in [0.15, 0.2) is 5.11 Å². The molecule has 0 spiro atoms. The lowest BCUT2D eigenvalue weighted by Gasteiger charge is -2.11. The SMILES string of the molecule is COc1cc(C)c(NC(N)=S)cc1C. The van der Waals surface area contributed by atoms with Crippen LogP contribution in [0, 0.1) is 13.8 Å². The zero-order valence-electron chi connectivity index (χ0n) is 8.55. The van der Waals surface area contributed by atoms with Gasteiger partial charge in [-0.2, -0.15) is 0 Å². The van der Waals surface area contributed by atoms with E-state index in [0.717, 1.165) is 22.6 Å². The van der Waals surface area contributed by atoms with E-state index in [0.29, 0.717) is 0 Å². The Labute approximate surface area is 89.3 Å². The maximum atomic E-state index is 5.40. The molecule has 14 heavy (non-hydrogen) atoms. The first-order chi connectivity index (χ1) is 6.54. The van der Waals surface area contributed by atoms with Crippen LogP contribution in [0.2, 0.25) is 0 Å². The lowest BCUT2D eigenvalue weighted by atomic mass is 10.1. The number of anilines is 1. The van der Waals surface area contributed by atoms with Crippen molar-refractivity contribution in [1.29, 1.82) is 0 Å². The fourth-order valence-electron chi connectivity index (χ4n) is 1.28. The largest absolute Gasteiger partial charge is 0.496 e. The van der Waals surface area contributed by atoms with E-state index in [9.17, 15) is 0 Å². The summed E-state index contributed by atoms with van der Waals surface area (Å²) in [4.78, 5) is 0. The second kappa shape index (κ2) is 4.28. The highest BCUT2D eigenvalue weighted by Gasteiger charge is 2.04. The first-order valence-electron chi connectivity index (χ1n) is 4.26. The van der Waals surface area contributed by atoms with E-state index in [1.54, 1.807) is 7.11 Å². The van der Waals surface area contributed by atoms with Crippen molar-refractivity contribution in [2.75, 3.05) is 12.4 Å². The van der Waals surface area contributed by atoms with Gasteiger partial charge in [-0.3, -0.25) is 0 Å². The van der Waals surface area contributed by atoms with E-state index in [4.69, 9.17) is 22.7 Å². The van der Waals surface area contributed by atoms with E-state index in [1.165, 1.54) is 0 Å². The quantitative estimate of drug-likeness (QED) is 0.733. The van der Waals surface area contributed by atoms with Gasteiger partial charge in [0.05, 0.1) is 7.11 Å². The van der Waals surface area contributed by atoms with Crippen molar-refractivity contribution in [2.24, 2.45) is 5.73 Å². The Balaban J connectivity index is 3.08. The Morgan fingerprint density at radius 2 is 2.00 bits per heavy atom. The van der Waals surface area contributed by atoms with Crippen molar-refractivity contribution in [2.45, 2.75) is 13.8 Å². The normalized spacial score (nSPS) is 9.64. The highest BCUT2D eigenvalue weighted by atomic mass is 32.1. The maximum Gasteiger partial charge on any atom is 0.168 e. The molecule has 3 nitrogen and oxygen atoms in total. The number of thiocarbonyl (C=S) groups is 1. The number of benzene rings is 1. The van der Waals surface area contributed by atoms with E-state index < -0.39 is 0 Å². The number of nitrogens with two attached hydrogens (primary N) is 1. The molecule has 0 aliphatic rings. The standard InChI is InChI=1S/C10H14N2OS/c1-6-5-9(13-3)7(2)4-8(6)12-10(11)14/h4-5H,1-3H3,(H3,11,12,14). The molecule has 1 rings (SSSR count). The molecule has 0 saturated heterocycles. The van der Waals surface area contributed by atoms with Crippen molar-refractivity contribution in [3.8, 4) is 5.75 Å². The van der Waals surface area contributed by atoms with Crippen LogP contribution in [0.15, 0.2) is 12.1 Å². The van der Waals surface area contributed by atoms with E-state index >= 15 is 0 Å². The molecule has 0 amide bonds. The highest BCUT2D eigenvalue weighted by molar-refractivity contribution is 7.80. The van der Waals surface area contributed by atoms with Crippen LogP contribution in [-0.4, -0.2) is 12.2 Å². The monoisotopic (exact) mass is 210 g/mol. The van der Waals surface area contributed by atoms with E-state index in [1.807, 2.05) is 26.0 Å². The third-order valence-corrected chi connectivity index (χ3v) is 2.10. The average molecular weight is 210 g/mol. The molecule has 1 aromatic rings. The number of ether oxygens (including phenoxy) is 1. The Kier molecular flexibility index (Phi) is 3.30. The molecule has 0 radical (unpaired) electrons. The summed E-state index contributed by atoms with van der Waals surface area (Å²) >= 11 is 4.78. The van der Waals surface area contributed by atoms with Crippen molar-refractivity contribution in [3.05, 3.63) is 23.3 Å². The molecule has 0 atom stereocenters. The molecule has 0 aromatic heterocycles. The van der Waals surface area contributed by atoms with E-state index in [2.05, 4.69) is 5.32 Å². The Morgan fingerprint density at radius 3 is 2.50 bits per heavy atom. The zero-order chi connectivity index (χ0) is 10.7. The average Bonchev–Trinajstić information content (AvgIpc) is 2.10. The fraction of sp³-hybridized carbons (Fsp3) is 0.300. The summed E-state index contributed by atoms with van der Waals surface area (Å²) < 4.78 is 5.19. The van der Waals surface area contributed by atoms with Crippen molar-refractivity contribution < 1.29 is 4.74 Å². The number of nitrogens with one attached hydrogen (secondary N) is 1. The van der Waals surface area contributed by atoms with Crippen LogP contribution in [-0.2, 0) is 0 Å². The minimum absolute atomic E-state index is 0.276. The number of rotatable bonds is 2. The van der Waals surface area contributed by atoms with Crippen LogP contribution in [0.1, 0.15) is 11.1 Å². The van der Waals surface area contributed by atoms with E-state index in [-0.39, 0.29) is 5.11 Å². The van der Waals surface area contributed by atoms with Gasteiger partial charge in [-0.05, 0) is 49.3 Å². The maximum absolute atomic E-state index is 5.40. The van der Waals surface area contributed by atoms with Crippen molar-refractivity contribution in [3.63, 3.8) is 0 Å². The fourth-order valence-corrected chi connectivity index (χ4v) is 1.39. The minimum atomic E-state index is 0.276. The van der Waals surface area contributed by atoms with Crippen LogP contribution in [0.4, 0.5) is 5.69 Å².